The lowest BCUT2D eigenvalue weighted by Crippen LogP contribution is -2.30. The molecule has 2 aromatic carbocycles. The highest BCUT2D eigenvalue weighted by Gasteiger charge is 2.24. The Kier molecular flexibility index (Phi) is 7.37. The summed E-state index contributed by atoms with van der Waals surface area (Å²) in [6.07, 6.45) is -1.11. The molecule has 7 nitrogen and oxygen atoms in total. The lowest BCUT2D eigenvalue weighted by molar-refractivity contribution is -0.123. The molecule has 1 N–H and O–H groups in total. The van der Waals surface area contributed by atoms with Gasteiger partial charge in [0.2, 0.25) is 0 Å². The summed E-state index contributed by atoms with van der Waals surface area (Å²) < 4.78 is 20.8. The molecule has 2 aromatic rings. The lowest BCUT2D eigenvalue weighted by Gasteiger charge is -2.17. The molecule has 0 spiro atoms. The third-order valence-electron chi connectivity index (χ3n) is 3.76. The van der Waals surface area contributed by atoms with Crippen molar-refractivity contribution in [3.05, 3.63) is 45.9 Å². The van der Waals surface area contributed by atoms with Crippen LogP contribution in [0.2, 0.25) is 10.0 Å². The van der Waals surface area contributed by atoms with Gasteiger partial charge in [0, 0.05) is 17.2 Å². The number of halogens is 2. The van der Waals surface area contributed by atoms with E-state index in [-0.39, 0.29) is 11.3 Å². The number of ether oxygens (including phenoxy) is 4. The van der Waals surface area contributed by atoms with Gasteiger partial charge in [0.05, 0.1) is 32.0 Å². The molecule has 2 rings (SSSR count). The second kappa shape index (κ2) is 9.52. The normalized spacial score (nSPS) is 11.4. The van der Waals surface area contributed by atoms with Crippen LogP contribution in [0.1, 0.15) is 17.3 Å². The molecule has 0 saturated heterocycles. The molecule has 28 heavy (non-hydrogen) atoms. The molecule has 0 bridgehead atoms. The zero-order valence-corrected chi connectivity index (χ0v) is 17.2. The molecule has 0 unspecified atom stereocenters. The summed E-state index contributed by atoms with van der Waals surface area (Å²) in [4.78, 5) is 24.9. The van der Waals surface area contributed by atoms with Crippen LogP contribution in [-0.2, 0) is 9.53 Å². The molecule has 0 aliphatic heterocycles. The first kappa shape index (κ1) is 21.7. The van der Waals surface area contributed by atoms with Crippen LogP contribution in [0, 0.1) is 0 Å². The maximum Gasteiger partial charge on any atom is 0.342 e. The Morgan fingerprint density at radius 1 is 0.929 bits per heavy atom. The highest BCUT2D eigenvalue weighted by atomic mass is 35.5. The summed E-state index contributed by atoms with van der Waals surface area (Å²) in [5, 5.41) is 3.27. The highest BCUT2D eigenvalue weighted by Crippen LogP contribution is 2.35. The van der Waals surface area contributed by atoms with E-state index in [0.717, 1.165) is 0 Å². The minimum atomic E-state index is -1.11. The number of methoxy groups -OCH3 is 3. The standard InChI is InChI=1S/C19H19Cl2NO6/c1-10(18(23)22-14-7-11(20)5-6-13(14)21)28-19(24)12-8-16(26-3)17(27-4)9-15(12)25-2/h5-10H,1-4H3,(H,22,23)/t10-/m1/s1. The van der Waals surface area contributed by atoms with Crippen molar-refractivity contribution in [2.75, 3.05) is 26.6 Å². The predicted octanol–water partition coefficient (Wildman–Crippen LogP) is 4.20. The second-order valence-corrected chi connectivity index (χ2v) is 6.41. The van der Waals surface area contributed by atoms with Crippen LogP contribution < -0.4 is 19.5 Å². The fourth-order valence-electron chi connectivity index (χ4n) is 2.29. The fraction of sp³-hybridized carbons (Fsp3) is 0.263. The van der Waals surface area contributed by atoms with Gasteiger partial charge < -0.3 is 24.3 Å². The van der Waals surface area contributed by atoms with Crippen molar-refractivity contribution in [3.8, 4) is 17.2 Å². The molecule has 0 fully saturated rings. The monoisotopic (exact) mass is 427 g/mol. The van der Waals surface area contributed by atoms with Crippen molar-refractivity contribution >= 4 is 40.8 Å². The number of hydrogen-bond acceptors (Lipinski definition) is 6. The van der Waals surface area contributed by atoms with Crippen molar-refractivity contribution in [1.82, 2.24) is 0 Å². The van der Waals surface area contributed by atoms with E-state index in [2.05, 4.69) is 5.32 Å². The molecular formula is C19H19Cl2NO6. The summed E-state index contributed by atoms with van der Waals surface area (Å²) in [5.41, 5.74) is 0.395. The van der Waals surface area contributed by atoms with E-state index in [1.807, 2.05) is 0 Å². The van der Waals surface area contributed by atoms with Gasteiger partial charge in [-0.25, -0.2) is 4.79 Å². The maximum atomic E-state index is 12.6. The van der Waals surface area contributed by atoms with Gasteiger partial charge in [-0.3, -0.25) is 4.79 Å². The first-order valence-corrected chi connectivity index (χ1v) is 8.83. The molecule has 1 atom stereocenters. The van der Waals surface area contributed by atoms with Crippen molar-refractivity contribution in [3.63, 3.8) is 0 Å². The second-order valence-electron chi connectivity index (χ2n) is 5.57. The number of esters is 1. The lowest BCUT2D eigenvalue weighted by atomic mass is 10.1. The van der Waals surface area contributed by atoms with Crippen LogP contribution in [-0.4, -0.2) is 39.3 Å². The molecule has 0 aliphatic carbocycles. The van der Waals surface area contributed by atoms with Crippen LogP contribution in [0.5, 0.6) is 17.2 Å². The summed E-state index contributed by atoms with van der Waals surface area (Å²) in [6, 6.07) is 7.54. The van der Waals surface area contributed by atoms with Crippen molar-refractivity contribution in [2.24, 2.45) is 0 Å². The molecular weight excluding hydrogens is 409 g/mol. The van der Waals surface area contributed by atoms with Gasteiger partial charge in [-0.15, -0.1) is 0 Å². The Bertz CT molecular complexity index is 887. The number of carbonyl (C=O) groups is 2. The Balaban J connectivity index is 2.17. The van der Waals surface area contributed by atoms with Gasteiger partial charge in [-0.2, -0.15) is 0 Å². The molecule has 0 aromatic heterocycles. The highest BCUT2D eigenvalue weighted by molar-refractivity contribution is 6.35. The van der Waals surface area contributed by atoms with Crippen LogP contribution >= 0.6 is 23.2 Å². The van der Waals surface area contributed by atoms with Crippen molar-refractivity contribution < 1.29 is 28.5 Å². The molecule has 9 heteroatoms. The van der Waals surface area contributed by atoms with Crippen LogP contribution in [0.25, 0.3) is 0 Å². The third-order valence-corrected chi connectivity index (χ3v) is 4.33. The van der Waals surface area contributed by atoms with Gasteiger partial charge in [-0.05, 0) is 25.1 Å². The average molecular weight is 428 g/mol. The first-order chi connectivity index (χ1) is 13.3. The van der Waals surface area contributed by atoms with Gasteiger partial charge in [0.1, 0.15) is 11.3 Å². The fourth-order valence-corrected chi connectivity index (χ4v) is 2.63. The van der Waals surface area contributed by atoms with Crippen LogP contribution in [0.3, 0.4) is 0 Å². The average Bonchev–Trinajstić information content (AvgIpc) is 2.69. The number of amides is 1. The zero-order valence-electron chi connectivity index (χ0n) is 15.7. The summed E-state index contributed by atoms with van der Waals surface area (Å²) in [5.74, 6) is -0.418. The smallest absolute Gasteiger partial charge is 0.342 e. The Morgan fingerprint density at radius 3 is 2.14 bits per heavy atom. The van der Waals surface area contributed by atoms with E-state index in [9.17, 15) is 9.59 Å². The van der Waals surface area contributed by atoms with E-state index in [4.69, 9.17) is 42.1 Å². The van der Waals surface area contributed by atoms with Gasteiger partial charge in [0.25, 0.3) is 5.91 Å². The summed E-state index contributed by atoms with van der Waals surface area (Å²) in [6.45, 7) is 1.43. The molecule has 0 aliphatic rings. The van der Waals surface area contributed by atoms with Gasteiger partial charge in [0.15, 0.2) is 17.6 Å². The van der Waals surface area contributed by atoms with E-state index in [1.165, 1.54) is 46.5 Å². The number of rotatable bonds is 7. The Hall–Kier alpha value is -2.64. The minimum absolute atomic E-state index is 0.0839. The molecule has 1 amide bonds. The molecule has 0 saturated carbocycles. The SMILES string of the molecule is COc1cc(OC)c(C(=O)O[C@H](C)C(=O)Nc2cc(Cl)ccc2Cl)cc1OC. The predicted molar refractivity (Wildman–Crippen MR) is 106 cm³/mol. The molecule has 0 heterocycles. The van der Waals surface area contributed by atoms with Crippen molar-refractivity contribution in [1.29, 1.82) is 0 Å². The van der Waals surface area contributed by atoms with E-state index in [1.54, 1.807) is 12.1 Å². The first-order valence-electron chi connectivity index (χ1n) is 8.07. The Morgan fingerprint density at radius 2 is 1.54 bits per heavy atom. The summed E-state index contributed by atoms with van der Waals surface area (Å²) >= 11 is 11.9. The van der Waals surface area contributed by atoms with Crippen LogP contribution in [0.15, 0.2) is 30.3 Å². The number of hydrogen-bond donors (Lipinski definition) is 1. The quantitative estimate of drug-likeness (QED) is 0.666. The van der Waals surface area contributed by atoms with E-state index < -0.39 is 18.0 Å². The number of benzene rings is 2. The summed E-state index contributed by atoms with van der Waals surface area (Å²) in [7, 11) is 4.29. The van der Waals surface area contributed by atoms with Crippen molar-refractivity contribution in [2.45, 2.75) is 13.0 Å². The van der Waals surface area contributed by atoms with E-state index in [0.29, 0.717) is 27.2 Å². The third kappa shape index (κ3) is 4.99. The number of nitrogens with one attached hydrogen (secondary N) is 1. The molecule has 0 radical (unpaired) electrons. The van der Waals surface area contributed by atoms with Gasteiger partial charge >= 0.3 is 5.97 Å². The van der Waals surface area contributed by atoms with Crippen LogP contribution in [0.4, 0.5) is 5.69 Å². The largest absolute Gasteiger partial charge is 0.496 e. The zero-order chi connectivity index (χ0) is 20.8. The van der Waals surface area contributed by atoms with Gasteiger partial charge in [-0.1, -0.05) is 23.2 Å². The maximum absolute atomic E-state index is 12.6. The molecule has 150 valence electrons. The topological polar surface area (TPSA) is 83.1 Å². The minimum Gasteiger partial charge on any atom is -0.496 e. The Labute approximate surface area is 172 Å². The number of anilines is 1. The van der Waals surface area contributed by atoms with E-state index >= 15 is 0 Å². The number of carbonyl (C=O) groups excluding carboxylic acids is 2.